The van der Waals surface area contributed by atoms with E-state index in [2.05, 4.69) is 21.2 Å². The zero-order valence-corrected chi connectivity index (χ0v) is 19.0. The Bertz CT molecular complexity index is 1150. The number of nitrogens with zero attached hydrogens (tertiary/aromatic N) is 1. The Kier molecular flexibility index (Phi) is 7.29. The van der Waals surface area contributed by atoms with E-state index in [0.29, 0.717) is 22.5 Å². The SMILES string of the molecule is CCOc1ccc(N(CC(=O)Nc2ccccc2Br)S(=O)(=O)c2ccc(F)cc2)cc1. The van der Waals surface area contributed by atoms with E-state index in [4.69, 9.17) is 4.74 Å². The maximum atomic E-state index is 13.3. The highest BCUT2D eigenvalue weighted by Gasteiger charge is 2.27. The molecule has 0 bridgehead atoms. The lowest BCUT2D eigenvalue weighted by atomic mass is 10.3. The molecule has 6 nitrogen and oxygen atoms in total. The molecule has 0 aromatic heterocycles. The van der Waals surface area contributed by atoms with Crippen LogP contribution in [-0.4, -0.2) is 27.5 Å². The van der Waals surface area contributed by atoms with Gasteiger partial charge in [0.25, 0.3) is 10.0 Å². The zero-order valence-electron chi connectivity index (χ0n) is 16.6. The fourth-order valence-corrected chi connectivity index (χ4v) is 4.61. The molecule has 1 amide bonds. The van der Waals surface area contributed by atoms with Crippen molar-refractivity contribution in [3.8, 4) is 5.75 Å². The Balaban J connectivity index is 1.94. The number of para-hydroxylation sites is 1. The summed E-state index contributed by atoms with van der Waals surface area (Å²) in [6.45, 7) is 1.82. The van der Waals surface area contributed by atoms with Crippen LogP contribution in [0.15, 0.2) is 82.2 Å². The molecule has 0 aliphatic rings. The van der Waals surface area contributed by atoms with Crippen LogP contribution < -0.4 is 14.4 Å². The second-order valence-corrected chi connectivity index (χ2v) is 9.14. The summed E-state index contributed by atoms with van der Waals surface area (Å²) in [5.74, 6) is -0.521. The van der Waals surface area contributed by atoms with Gasteiger partial charge >= 0.3 is 0 Å². The quantitative estimate of drug-likeness (QED) is 0.475. The van der Waals surface area contributed by atoms with Gasteiger partial charge < -0.3 is 10.1 Å². The molecule has 0 saturated carbocycles. The summed E-state index contributed by atoms with van der Waals surface area (Å²) in [5, 5.41) is 2.70. The first-order chi connectivity index (χ1) is 14.8. The standard InChI is InChI=1S/C22H20BrFN2O4S/c1-2-30-18-11-9-17(10-12-18)26(31(28,29)19-13-7-16(24)8-14-19)15-22(27)25-21-6-4-3-5-20(21)23/h3-14H,2,15H2,1H3,(H,25,27). The van der Waals surface area contributed by atoms with E-state index in [9.17, 15) is 17.6 Å². The number of rotatable bonds is 8. The van der Waals surface area contributed by atoms with E-state index < -0.39 is 28.3 Å². The van der Waals surface area contributed by atoms with Crippen LogP contribution in [-0.2, 0) is 14.8 Å². The van der Waals surface area contributed by atoms with Crippen LogP contribution in [0.5, 0.6) is 5.75 Å². The van der Waals surface area contributed by atoms with Crippen molar-refractivity contribution in [2.24, 2.45) is 0 Å². The Hall–Kier alpha value is -2.91. The van der Waals surface area contributed by atoms with Crippen molar-refractivity contribution < 1.29 is 22.3 Å². The number of carbonyl (C=O) groups is 1. The third kappa shape index (κ3) is 5.62. The van der Waals surface area contributed by atoms with E-state index in [1.54, 1.807) is 48.5 Å². The number of hydrogen-bond acceptors (Lipinski definition) is 4. The minimum atomic E-state index is -4.14. The number of amides is 1. The van der Waals surface area contributed by atoms with Crippen molar-refractivity contribution in [1.82, 2.24) is 0 Å². The van der Waals surface area contributed by atoms with Crippen molar-refractivity contribution in [3.05, 3.63) is 83.1 Å². The smallest absolute Gasteiger partial charge is 0.264 e. The van der Waals surface area contributed by atoms with Crippen LogP contribution in [0.4, 0.5) is 15.8 Å². The average Bonchev–Trinajstić information content (AvgIpc) is 2.75. The van der Waals surface area contributed by atoms with Crippen LogP contribution in [0.3, 0.4) is 0 Å². The fourth-order valence-electron chi connectivity index (χ4n) is 2.81. The van der Waals surface area contributed by atoms with Crippen molar-refractivity contribution >= 4 is 43.2 Å². The molecule has 3 rings (SSSR count). The summed E-state index contributed by atoms with van der Waals surface area (Å²) in [6, 6.07) is 17.8. The molecular weight excluding hydrogens is 487 g/mol. The summed E-state index contributed by atoms with van der Waals surface area (Å²) in [6.07, 6.45) is 0. The number of sulfonamides is 1. The van der Waals surface area contributed by atoms with Crippen molar-refractivity contribution in [1.29, 1.82) is 0 Å². The fraction of sp³-hybridized carbons (Fsp3) is 0.136. The molecule has 0 atom stereocenters. The lowest BCUT2D eigenvalue weighted by Gasteiger charge is -2.24. The van der Waals surface area contributed by atoms with E-state index in [0.717, 1.165) is 28.6 Å². The van der Waals surface area contributed by atoms with E-state index in [-0.39, 0.29) is 10.6 Å². The van der Waals surface area contributed by atoms with Crippen LogP contribution in [0, 0.1) is 5.82 Å². The molecule has 0 heterocycles. The normalized spacial score (nSPS) is 11.1. The van der Waals surface area contributed by atoms with Crippen molar-refractivity contribution in [2.75, 3.05) is 22.8 Å². The molecule has 162 valence electrons. The minimum Gasteiger partial charge on any atom is -0.494 e. The lowest BCUT2D eigenvalue weighted by Crippen LogP contribution is -2.38. The van der Waals surface area contributed by atoms with Gasteiger partial charge in [-0.05, 0) is 83.5 Å². The summed E-state index contributed by atoms with van der Waals surface area (Å²) >= 11 is 3.35. The molecule has 3 aromatic rings. The summed E-state index contributed by atoms with van der Waals surface area (Å²) in [5.41, 5.74) is 0.786. The van der Waals surface area contributed by atoms with Crippen LogP contribution in [0.25, 0.3) is 0 Å². The number of nitrogens with one attached hydrogen (secondary N) is 1. The molecule has 9 heteroatoms. The van der Waals surface area contributed by atoms with Crippen molar-refractivity contribution in [3.63, 3.8) is 0 Å². The third-order valence-electron chi connectivity index (χ3n) is 4.27. The molecule has 0 aliphatic carbocycles. The van der Waals surface area contributed by atoms with Gasteiger partial charge in [0.1, 0.15) is 18.1 Å². The number of anilines is 2. The lowest BCUT2D eigenvalue weighted by molar-refractivity contribution is -0.114. The van der Waals surface area contributed by atoms with Crippen LogP contribution >= 0.6 is 15.9 Å². The second kappa shape index (κ2) is 9.93. The Labute approximate surface area is 188 Å². The molecule has 3 aromatic carbocycles. The first-order valence-electron chi connectivity index (χ1n) is 9.37. The predicted molar refractivity (Wildman–Crippen MR) is 121 cm³/mol. The molecule has 0 unspecified atom stereocenters. The van der Waals surface area contributed by atoms with Crippen molar-refractivity contribution in [2.45, 2.75) is 11.8 Å². The monoisotopic (exact) mass is 506 g/mol. The second-order valence-electron chi connectivity index (χ2n) is 6.42. The Morgan fingerprint density at radius 1 is 1.03 bits per heavy atom. The van der Waals surface area contributed by atoms with E-state index in [1.807, 2.05) is 6.92 Å². The molecule has 0 saturated heterocycles. The first kappa shape index (κ1) is 22.8. The van der Waals surface area contributed by atoms with Gasteiger partial charge in [0, 0.05) is 4.47 Å². The first-order valence-corrected chi connectivity index (χ1v) is 11.6. The predicted octanol–water partition coefficient (Wildman–Crippen LogP) is 4.82. The van der Waals surface area contributed by atoms with Gasteiger partial charge in [-0.25, -0.2) is 12.8 Å². The van der Waals surface area contributed by atoms with Crippen LogP contribution in [0.1, 0.15) is 6.92 Å². The van der Waals surface area contributed by atoms with Crippen LogP contribution in [0.2, 0.25) is 0 Å². The molecule has 0 aliphatic heterocycles. The maximum Gasteiger partial charge on any atom is 0.264 e. The van der Waals surface area contributed by atoms with Gasteiger partial charge in [0.2, 0.25) is 5.91 Å². The summed E-state index contributed by atoms with van der Waals surface area (Å²) in [4.78, 5) is 12.6. The Morgan fingerprint density at radius 3 is 2.29 bits per heavy atom. The molecule has 1 N–H and O–H groups in total. The number of ether oxygens (including phenoxy) is 1. The van der Waals surface area contributed by atoms with E-state index in [1.165, 1.54) is 0 Å². The highest BCUT2D eigenvalue weighted by Crippen LogP contribution is 2.27. The van der Waals surface area contributed by atoms with Gasteiger partial charge in [0.15, 0.2) is 0 Å². The molecule has 0 radical (unpaired) electrons. The van der Waals surface area contributed by atoms with Gasteiger partial charge in [-0.15, -0.1) is 0 Å². The highest BCUT2D eigenvalue weighted by molar-refractivity contribution is 9.10. The third-order valence-corrected chi connectivity index (χ3v) is 6.75. The summed E-state index contributed by atoms with van der Waals surface area (Å²) < 4.78 is 46.9. The highest BCUT2D eigenvalue weighted by atomic mass is 79.9. The number of benzene rings is 3. The largest absolute Gasteiger partial charge is 0.494 e. The van der Waals surface area contributed by atoms with Gasteiger partial charge in [-0.1, -0.05) is 12.1 Å². The summed E-state index contributed by atoms with van der Waals surface area (Å²) in [7, 11) is -4.14. The van der Waals surface area contributed by atoms with E-state index >= 15 is 0 Å². The maximum absolute atomic E-state index is 13.3. The molecular formula is C22H20BrFN2O4S. The topological polar surface area (TPSA) is 75.7 Å². The molecule has 0 fully saturated rings. The van der Waals surface area contributed by atoms with Gasteiger partial charge in [0.05, 0.1) is 22.9 Å². The zero-order chi connectivity index (χ0) is 22.4. The average molecular weight is 507 g/mol. The van der Waals surface area contributed by atoms with Gasteiger partial charge in [-0.2, -0.15) is 0 Å². The Morgan fingerprint density at radius 2 is 1.68 bits per heavy atom. The number of hydrogen-bond donors (Lipinski definition) is 1. The number of halogens is 2. The minimum absolute atomic E-state index is 0.128. The molecule has 0 spiro atoms. The number of carbonyl (C=O) groups excluding carboxylic acids is 1. The molecule has 31 heavy (non-hydrogen) atoms. The van der Waals surface area contributed by atoms with Gasteiger partial charge in [-0.3, -0.25) is 9.10 Å².